The van der Waals surface area contributed by atoms with Crippen molar-refractivity contribution < 1.29 is 9.84 Å². The quantitative estimate of drug-likeness (QED) is 0.171. The lowest BCUT2D eigenvalue weighted by Crippen LogP contribution is -2.56. The summed E-state index contributed by atoms with van der Waals surface area (Å²) >= 11 is 5.89. The molecule has 0 aromatic rings. The highest BCUT2D eigenvalue weighted by Crippen LogP contribution is 2.06. The summed E-state index contributed by atoms with van der Waals surface area (Å²) in [4.78, 5) is 2.24. The third kappa shape index (κ3) is 8.93. The Morgan fingerprint density at radius 3 is 2.38 bits per heavy atom. The fourth-order valence-electron chi connectivity index (χ4n) is 2.07. The molecule has 0 radical (unpaired) electrons. The van der Waals surface area contributed by atoms with Crippen LogP contribution < -0.4 is 16.4 Å². The van der Waals surface area contributed by atoms with Crippen LogP contribution in [0.3, 0.4) is 0 Å². The van der Waals surface area contributed by atoms with Gasteiger partial charge in [0.1, 0.15) is 0 Å². The number of hydrogen-bond donors (Lipinski definition) is 4. The molecule has 128 valence electrons. The van der Waals surface area contributed by atoms with Crippen molar-refractivity contribution in [3.63, 3.8) is 0 Å². The highest BCUT2D eigenvalue weighted by Gasteiger charge is 2.24. The minimum Gasteiger partial charge on any atom is -0.381 e. The number of aliphatic hydroxyl groups is 1. The zero-order valence-corrected chi connectivity index (χ0v) is 14.6. The molecular formula is C14H33ClN4O2. The second kappa shape index (κ2) is 12.6. The summed E-state index contributed by atoms with van der Waals surface area (Å²) < 4.78 is 5.66. The van der Waals surface area contributed by atoms with E-state index in [1.807, 2.05) is 6.92 Å². The Kier molecular flexibility index (Phi) is 12.6. The molecule has 0 fully saturated rings. The van der Waals surface area contributed by atoms with Crippen molar-refractivity contribution in [3.05, 3.63) is 0 Å². The van der Waals surface area contributed by atoms with Crippen LogP contribution in [-0.2, 0) is 4.74 Å². The van der Waals surface area contributed by atoms with Crippen molar-refractivity contribution in [3.8, 4) is 0 Å². The van der Waals surface area contributed by atoms with Crippen molar-refractivity contribution in [2.45, 2.75) is 57.7 Å². The zero-order valence-electron chi connectivity index (χ0n) is 13.8. The molecule has 0 saturated heterocycles. The molecule has 5 N–H and O–H groups in total. The Hall–Kier alpha value is 0.0500. The number of likely N-dealkylation sites (N-methyl/N-ethyl adjacent to an activating group) is 1. The lowest BCUT2D eigenvalue weighted by Gasteiger charge is -2.36. The smallest absolute Gasteiger partial charge is 0.0993 e. The van der Waals surface area contributed by atoms with Gasteiger partial charge in [-0.25, -0.2) is 0 Å². The summed E-state index contributed by atoms with van der Waals surface area (Å²) in [6.07, 6.45) is 1.00. The van der Waals surface area contributed by atoms with Gasteiger partial charge in [-0.3, -0.25) is 10.2 Å². The predicted octanol–water partition coefficient (Wildman–Crippen LogP) is 0.491. The molecule has 0 rings (SSSR count). The standard InChI is InChI=1S/C14H33ClN4O2/c1-5-7-21-10-19(6-2)13(11(3)18-9-20)8-17-12(4)14(15)16/h11-14,17-18,20H,5-10,16H2,1-4H3. The zero-order chi connectivity index (χ0) is 16.3. The molecule has 21 heavy (non-hydrogen) atoms. The average molecular weight is 325 g/mol. The highest BCUT2D eigenvalue weighted by atomic mass is 35.5. The SMILES string of the molecule is CCCOCN(CC)C(CNC(C)C(N)Cl)C(C)NCO. The van der Waals surface area contributed by atoms with Gasteiger partial charge in [0.05, 0.1) is 19.0 Å². The Morgan fingerprint density at radius 2 is 1.90 bits per heavy atom. The third-order valence-electron chi connectivity index (χ3n) is 3.60. The molecule has 6 nitrogen and oxygen atoms in total. The number of nitrogens with two attached hydrogens (primary N) is 1. The Bertz CT molecular complexity index is 247. The van der Waals surface area contributed by atoms with Gasteiger partial charge in [-0.2, -0.15) is 0 Å². The number of ether oxygens (including phenoxy) is 1. The minimum atomic E-state index is -0.418. The first kappa shape index (κ1) is 21.0. The van der Waals surface area contributed by atoms with E-state index in [0.717, 1.165) is 26.1 Å². The van der Waals surface area contributed by atoms with Gasteiger partial charge in [-0.05, 0) is 26.8 Å². The highest BCUT2D eigenvalue weighted by molar-refractivity contribution is 6.20. The second-order valence-electron chi connectivity index (χ2n) is 5.30. The Morgan fingerprint density at radius 1 is 1.24 bits per heavy atom. The van der Waals surface area contributed by atoms with Gasteiger partial charge in [-0.1, -0.05) is 13.8 Å². The molecule has 0 spiro atoms. The molecule has 0 saturated carbocycles. The number of rotatable bonds is 13. The number of halogens is 1. The van der Waals surface area contributed by atoms with Gasteiger partial charge in [0.15, 0.2) is 0 Å². The first-order chi connectivity index (χ1) is 9.97. The van der Waals surface area contributed by atoms with E-state index in [0.29, 0.717) is 6.73 Å². The van der Waals surface area contributed by atoms with E-state index in [-0.39, 0.29) is 24.9 Å². The average Bonchev–Trinajstić information content (AvgIpc) is 2.45. The molecule has 0 bridgehead atoms. The van der Waals surface area contributed by atoms with Gasteiger partial charge in [0, 0.05) is 31.3 Å². The summed E-state index contributed by atoms with van der Waals surface area (Å²) in [5, 5.41) is 15.5. The fraction of sp³-hybridized carbons (Fsp3) is 1.00. The van der Waals surface area contributed by atoms with E-state index >= 15 is 0 Å². The normalized spacial score (nSPS) is 17.7. The first-order valence-corrected chi connectivity index (χ1v) is 8.20. The third-order valence-corrected chi connectivity index (χ3v) is 3.98. The molecule has 0 heterocycles. The van der Waals surface area contributed by atoms with Crippen molar-refractivity contribution in [1.29, 1.82) is 0 Å². The summed E-state index contributed by atoms with van der Waals surface area (Å²) in [6.45, 7) is 11.1. The summed E-state index contributed by atoms with van der Waals surface area (Å²) in [6, 6.07) is 0.314. The van der Waals surface area contributed by atoms with Gasteiger partial charge in [0.25, 0.3) is 0 Å². The number of nitrogens with one attached hydrogen (secondary N) is 2. The van der Waals surface area contributed by atoms with Gasteiger partial charge < -0.3 is 20.9 Å². The van der Waals surface area contributed by atoms with Crippen molar-refractivity contribution in [2.24, 2.45) is 5.73 Å². The molecule has 0 aromatic carbocycles. The van der Waals surface area contributed by atoms with E-state index in [9.17, 15) is 0 Å². The maximum atomic E-state index is 9.10. The maximum Gasteiger partial charge on any atom is 0.0993 e. The fourth-order valence-corrected chi connectivity index (χ4v) is 2.16. The molecule has 4 unspecified atom stereocenters. The maximum absolute atomic E-state index is 9.10. The molecule has 0 aliphatic rings. The number of nitrogens with zero attached hydrogens (tertiary/aromatic N) is 1. The van der Waals surface area contributed by atoms with Crippen LogP contribution in [0.25, 0.3) is 0 Å². The largest absolute Gasteiger partial charge is 0.381 e. The Labute approximate surface area is 134 Å². The topological polar surface area (TPSA) is 82.8 Å². The van der Waals surface area contributed by atoms with Crippen molar-refractivity contribution in [1.82, 2.24) is 15.5 Å². The van der Waals surface area contributed by atoms with Gasteiger partial charge >= 0.3 is 0 Å². The molecule has 0 aromatic heterocycles. The van der Waals surface area contributed by atoms with Crippen LogP contribution in [0.4, 0.5) is 0 Å². The van der Waals surface area contributed by atoms with E-state index in [4.69, 9.17) is 27.2 Å². The summed E-state index contributed by atoms with van der Waals surface area (Å²) in [7, 11) is 0. The molecule has 7 heteroatoms. The van der Waals surface area contributed by atoms with Gasteiger partial charge in [-0.15, -0.1) is 11.6 Å². The molecule has 0 aliphatic carbocycles. The second-order valence-corrected chi connectivity index (χ2v) is 5.81. The van der Waals surface area contributed by atoms with Crippen LogP contribution in [0.2, 0.25) is 0 Å². The molecular weight excluding hydrogens is 292 g/mol. The van der Waals surface area contributed by atoms with Crippen LogP contribution in [0.1, 0.15) is 34.1 Å². The van der Waals surface area contributed by atoms with E-state index in [1.54, 1.807) is 0 Å². The van der Waals surface area contributed by atoms with E-state index in [2.05, 4.69) is 36.3 Å². The van der Waals surface area contributed by atoms with Crippen LogP contribution in [0, 0.1) is 0 Å². The lowest BCUT2D eigenvalue weighted by molar-refractivity contribution is -0.00243. The monoisotopic (exact) mass is 324 g/mol. The van der Waals surface area contributed by atoms with Crippen molar-refractivity contribution in [2.75, 3.05) is 33.2 Å². The van der Waals surface area contributed by atoms with Crippen molar-refractivity contribution >= 4 is 11.6 Å². The summed E-state index contributed by atoms with van der Waals surface area (Å²) in [5.74, 6) is 0. The number of alkyl halides is 1. The van der Waals surface area contributed by atoms with E-state index in [1.165, 1.54) is 0 Å². The number of aliphatic hydroxyl groups excluding tert-OH is 1. The summed E-state index contributed by atoms with van der Waals surface area (Å²) in [5.41, 5.74) is 5.25. The van der Waals surface area contributed by atoms with Gasteiger partial charge in [0.2, 0.25) is 0 Å². The Balaban J connectivity index is 4.59. The lowest BCUT2D eigenvalue weighted by atomic mass is 10.1. The van der Waals surface area contributed by atoms with Crippen LogP contribution >= 0.6 is 11.6 Å². The van der Waals surface area contributed by atoms with Crippen LogP contribution in [0.5, 0.6) is 0 Å². The predicted molar refractivity (Wildman–Crippen MR) is 88.3 cm³/mol. The van der Waals surface area contributed by atoms with Crippen LogP contribution in [0.15, 0.2) is 0 Å². The number of hydrogen-bond acceptors (Lipinski definition) is 6. The minimum absolute atomic E-state index is 0.0192. The van der Waals surface area contributed by atoms with Crippen LogP contribution in [-0.4, -0.2) is 66.8 Å². The van der Waals surface area contributed by atoms with E-state index < -0.39 is 5.50 Å². The molecule has 0 amide bonds. The molecule has 4 atom stereocenters. The molecule has 0 aliphatic heterocycles. The first-order valence-electron chi connectivity index (χ1n) is 7.76.